The third-order valence-electron chi connectivity index (χ3n) is 3.32. The van der Waals surface area contributed by atoms with Crippen LogP contribution < -0.4 is 14.8 Å². The lowest BCUT2D eigenvalue weighted by Crippen LogP contribution is -2.37. The van der Waals surface area contributed by atoms with E-state index in [2.05, 4.69) is 33.0 Å². The molecular formula is C15H25NO2. The Hall–Kier alpha value is -1.22. The zero-order valence-electron chi connectivity index (χ0n) is 12.3. The van der Waals surface area contributed by atoms with Gasteiger partial charge >= 0.3 is 0 Å². The van der Waals surface area contributed by atoms with Crippen LogP contribution in [0.25, 0.3) is 0 Å². The van der Waals surface area contributed by atoms with Crippen LogP contribution in [0.1, 0.15) is 33.3 Å². The largest absolute Gasteiger partial charge is 0.497 e. The number of rotatable bonds is 5. The molecule has 0 aliphatic carbocycles. The highest BCUT2D eigenvalue weighted by Crippen LogP contribution is 2.23. The number of methoxy groups -OCH3 is 2. The number of hydrogen-bond donors (Lipinski definition) is 1. The summed E-state index contributed by atoms with van der Waals surface area (Å²) in [7, 11) is 3.34. The SMILES string of the molecule is COc1cc(CNC(C)C(C)(C)C)cc(OC)c1. The molecule has 3 heteroatoms. The van der Waals surface area contributed by atoms with E-state index in [9.17, 15) is 0 Å². The normalized spacial score (nSPS) is 13.2. The second-order valence-electron chi connectivity index (χ2n) is 5.69. The number of benzene rings is 1. The molecule has 0 aliphatic heterocycles. The Morgan fingerprint density at radius 1 is 1.06 bits per heavy atom. The third-order valence-corrected chi connectivity index (χ3v) is 3.32. The summed E-state index contributed by atoms with van der Waals surface area (Å²) in [6.45, 7) is 9.72. The van der Waals surface area contributed by atoms with Gasteiger partial charge in [0.05, 0.1) is 14.2 Å². The van der Waals surface area contributed by atoms with Crippen molar-refractivity contribution in [3.8, 4) is 11.5 Å². The van der Waals surface area contributed by atoms with Crippen LogP contribution in [0.4, 0.5) is 0 Å². The molecule has 0 heterocycles. The summed E-state index contributed by atoms with van der Waals surface area (Å²) in [4.78, 5) is 0. The molecule has 0 radical (unpaired) electrons. The fourth-order valence-electron chi connectivity index (χ4n) is 1.55. The monoisotopic (exact) mass is 251 g/mol. The molecule has 0 spiro atoms. The van der Waals surface area contributed by atoms with Gasteiger partial charge in [0.25, 0.3) is 0 Å². The Bertz CT molecular complexity index is 360. The molecule has 0 amide bonds. The second kappa shape index (κ2) is 6.10. The molecule has 0 saturated heterocycles. The van der Waals surface area contributed by atoms with E-state index in [1.807, 2.05) is 18.2 Å². The lowest BCUT2D eigenvalue weighted by molar-refractivity contribution is 0.285. The van der Waals surface area contributed by atoms with Gasteiger partial charge < -0.3 is 14.8 Å². The summed E-state index contributed by atoms with van der Waals surface area (Å²) in [6.07, 6.45) is 0. The first kappa shape index (κ1) is 14.8. The van der Waals surface area contributed by atoms with Gasteiger partial charge in [-0.2, -0.15) is 0 Å². The summed E-state index contributed by atoms with van der Waals surface area (Å²) in [6, 6.07) is 6.39. The molecule has 1 rings (SSSR count). The Morgan fingerprint density at radius 2 is 1.56 bits per heavy atom. The van der Waals surface area contributed by atoms with Crippen LogP contribution in [0.3, 0.4) is 0 Å². The topological polar surface area (TPSA) is 30.5 Å². The van der Waals surface area contributed by atoms with Gasteiger partial charge in [0.2, 0.25) is 0 Å². The Balaban J connectivity index is 2.72. The molecule has 0 bridgehead atoms. The van der Waals surface area contributed by atoms with Crippen molar-refractivity contribution < 1.29 is 9.47 Å². The van der Waals surface area contributed by atoms with Gasteiger partial charge in [-0.3, -0.25) is 0 Å². The number of hydrogen-bond acceptors (Lipinski definition) is 3. The Kier molecular flexibility index (Phi) is 5.03. The van der Waals surface area contributed by atoms with Gasteiger partial charge in [-0.15, -0.1) is 0 Å². The van der Waals surface area contributed by atoms with E-state index < -0.39 is 0 Å². The zero-order chi connectivity index (χ0) is 13.8. The predicted molar refractivity (Wildman–Crippen MR) is 75.3 cm³/mol. The van der Waals surface area contributed by atoms with Gasteiger partial charge in [0.15, 0.2) is 0 Å². The van der Waals surface area contributed by atoms with E-state index in [1.165, 1.54) is 5.56 Å². The average molecular weight is 251 g/mol. The van der Waals surface area contributed by atoms with Crippen LogP contribution in [0.2, 0.25) is 0 Å². The first-order valence-electron chi connectivity index (χ1n) is 6.32. The highest BCUT2D eigenvalue weighted by molar-refractivity contribution is 5.38. The van der Waals surface area contributed by atoms with E-state index in [0.717, 1.165) is 18.0 Å². The molecular weight excluding hydrogens is 226 g/mol. The molecule has 102 valence electrons. The van der Waals surface area contributed by atoms with E-state index in [1.54, 1.807) is 14.2 Å². The summed E-state index contributed by atoms with van der Waals surface area (Å²) < 4.78 is 10.5. The van der Waals surface area contributed by atoms with E-state index >= 15 is 0 Å². The van der Waals surface area contributed by atoms with Gasteiger partial charge in [-0.1, -0.05) is 20.8 Å². The zero-order valence-corrected chi connectivity index (χ0v) is 12.3. The fourth-order valence-corrected chi connectivity index (χ4v) is 1.55. The summed E-state index contributed by atoms with van der Waals surface area (Å²) in [5.41, 5.74) is 1.42. The summed E-state index contributed by atoms with van der Waals surface area (Å²) >= 11 is 0. The second-order valence-corrected chi connectivity index (χ2v) is 5.69. The van der Waals surface area contributed by atoms with Crippen LogP contribution in [-0.2, 0) is 6.54 Å². The van der Waals surface area contributed by atoms with E-state index in [-0.39, 0.29) is 5.41 Å². The van der Waals surface area contributed by atoms with Crippen molar-refractivity contribution in [3.63, 3.8) is 0 Å². The minimum Gasteiger partial charge on any atom is -0.497 e. The maximum atomic E-state index is 5.26. The molecule has 1 atom stereocenters. The van der Waals surface area contributed by atoms with Crippen LogP contribution in [0.15, 0.2) is 18.2 Å². The minimum absolute atomic E-state index is 0.253. The maximum Gasteiger partial charge on any atom is 0.122 e. The van der Waals surface area contributed by atoms with Gasteiger partial charge in [-0.05, 0) is 30.0 Å². The van der Waals surface area contributed by atoms with Crippen molar-refractivity contribution in [2.75, 3.05) is 14.2 Å². The van der Waals surface area contributed by atoms with Crippen molar-refractivity contribution in [1.82, 2.24) is 5.32 Å². The molecule has 18 heavy (non-hydrogen) atoms. The van der Waals surface area contributed by atoms with Gasteiger partial charge in [-0.25, -0.2) is 0 Å². The minimum atomic E-state index is 0.253. The van der Waals surface area contributed by atoms with Crippen molar-refractivity contribution in [2.45, 2.75) is 40.3 Å². The van der Waals surface area contributed by atoms with Crippen LogP contribution in [0.5, 0.6) is 11.5 Å². The lowest BCUT2D eigenvalue weighted by atomic mass is 9.88. The quantitative estimate of drug-likeness (QED) is 0.871. The number of ether oxygens (including phenoxy) is 2. The molecule has 0 fully saturated rings. The standard InChI is InChI=1S/C15H25NO2/c1-11(15(2,3)4)16-10-12-7-13(17-5)9-14(8-12)18-6/h7-9,11,16H,10H2,1-6H3. The van der Waals surface area contributed by atoms with Crippen molar-refractivity contribution >= 4 is 0 Å². The van der Waals surface area contributed by atoms with Crippen molar-refractivity contribution in [1.29, 1.82) is 0 Å². The molecule has 1 unspecified atom stereocenters. The lowest BCUT2D eigenvalue weighted by Gasteiger charge is -2.28. The molecule has 0 saturated carbocycles. The number of nitrogens with one attached hydrogen (secondary N) is 1. The van der Waals surface area contributed by atoms with E-state index in [0.29, 0.717) is 6.04 Å². The molecule has 0 aromatic heterocycles. The van der Waals surface area contributed by atoms with E-state index in [4.69, 9.17) is 9.47 Å². The molecule has 1 N–H and O–H groups in total. The molecule has 1 aromatic carbocycles. The highest BCUT2D eigenvalue weighted by atomic mass is 16.5. The van der Waals surface area contributed by atoms with Gasteiger partial charge in [0, 0.05) is 18.7 Å². The third kappa shape index (κ3) is 4.22. The van der Waals surface area contributed by atoms with Gasteiger partial charge in [0.1, 0.15) is 11.5 Å². The van der Waals surface area contributed by atoms with Crippen LogP contribution in [-0.4, -0.2) is 20.3 Å². The molecule has 1 aromatic rings. The highest BCUT2D eigenvalue weighted by Gasteiger charge is 2.19. The maximum absolute atomic E-state index is 5.26. The molecule has 3 nitrogen and oxygen atoms in total. The Morgan fingerprint density at radius 3 is 1.94 bits per heavy atom. The molecule has 0 aliphatic rings. The fraction of sp³-hybridized carbons (Fsp3) is 0.600. The average Bonchev–Trinajstić information content (AvgIpc) is 2.34. The van der Waals surface area contributed by atoms with Crippen LogP contribution in [0, 0.1) is 5.41 Å². The summed E-state index contributed by atoms with van der Waals surface area (Å²) in [5.74, 6) is 1.66. The predicted octanol–water partition coefficient (Wildman–Crippen LogP) is 3.23. The summed E-state index contributed by atoms with van der Waals surface area (Å²) in [5, 5.41) is 3.53. The first-order chi connectivity index (χ1) is 8.36. The van der Waals surface area contributed by atoms with Crippen molar-refractivity contribution in [3.05, 3.63) is 23.8 Å². The Labute approximate surface area is 110 Å². The first-order valence-corrected chi connectivity index (χ1v) is 6.32. The smallest absolute Gasteiger partial charge is 0.122 e. The van der Waals surface area contributed by atoms with Crippen LogP contribution >= 0.6 is 0 Å². The van der Waals surface area contributed by atoms with Crippen molar-refractivity contribution in [2.24, 2.45) is 5.41 Å².